The Bertz CT molecular complexity index is 547. The number of hydrogen-bond acceptors (Lipinski definition) is 5. The zero-order valence-electron chi connectivity index (χ0n) is 12.0. The van der Waals surface area contributed by atoms with Gasteiger partial charge >= 0.3 is 0 Å². The number of nitrogens with one attached hydrogen (secondary N) is 2. The van der Waals surface area contributed by atoms with Crippen molar-refractivity contribution in [1.82, 2.24) is 5.32 Å². The van der Waals surface area contributed by atoms with Crippen LogP contribution in [-0.2, 0) is 0 Å². The highest BCUT2D eigenvalue weighted by molar-refractivity contribution is 5.96. The van der Waals surface area contributed by atoms with Crippen LogP contribution >= 0.6 is 0 Å². The molecule has 0 heterocycles. The quantitative estimate of drug-likeness (QED) is 0.447. The number of nitrogens with zero attached hydrogens (tertiary/aromatic N) is 1. The first-order valence-electron chi connectivity index (χ1n) is 7.07. The predicted octanol–water partition coefficient (Wildman–Crippen LogP) is 2.19. The molecular weight excluding hydrogens is 272 g/mol. The number of amides is 1. The van der Waals surface area contributed by atoms with Crippen LogP contribution in [-0.4, -0.2) is 16.9 Å². The van der Waals surface area contributed by atoms with Crippen molar-refractivity contribution in [2.24, 2.45) is 11.8 Å². The van der Waals surface area contributed by atoms with Crippen molar-refractivity contribution in [1.29, 1.82) is 0 Å². The standard InChI is InChI=1S/C14H20N4O3/c1-9-3-2-4-11(7-9)16-14(19)10-5-6-13(18(20)21)12(8-10)17-15/h5-6,8-9,11,17H,2-4,7,15H2,1H3,(H,16,19). The second-order valence-corrected chi connectivity index (χ2v) is 5.58. The minimum atomic E-state index is -0.542. The minimum absolute atomic E-state index is 0.129. The third kappa shape index (κ3) is 3.69. The summed E-state index contributed by atoms with van der Waals surface area (Å²) in [5.41, 5.74) is 2.61. The third-order valence-electron chi connectivity index (χ3n) is 3.88. The average molecular weight is 292 g/mol. The molecule has 0 saturated heterocycles. The van der Waals surface area contributed by atoms with Gasteiger partial charge in [0.1, 0.15) is 5.69 Å². The van der Waals surface area contributed by atoms with Crippen molar-refractivity contribution in [3.05, 3.63) is 33.9 Å². The van der Waals surface area contributed by atoms with Gasteiger partial charge in [0.2, 0.25) is 0 Å². The molecule has 7 nitrogen and oxygen atoms in total. The van der Waals surface area contributed by atoms with Gasteiger partial charge in [0.05, 0.1) is 4.92 Å². The Morgan fingerprint density at radius 3 is 2.81 bits per heavy atom. The molecule has 2 unspecified atom stereocenters. The number of rotatable bonds is 4. The molecule has 1 fully saturated rings. The lowest BCUT2D eigenvalue weighted by atomic mass is 9.87. The zero-order valence-corrected chi connectivity index (χ0v) is 12.0. The van der Waals surface area contributed by atoms with Crippen LogP contribution < -0.4 is 16.6 Å². The van der Waals surface area contributed by atoms with Gasteiger partial charge in [0.15, 0.2) is 0 Å². The summed E-state index contributed by atoms with van der Waals surface area (Å²) in [5, 5.41) is 13.8. The molecule has 1 saturated carbocycles. The van der Waals surface area contributed by atoms with Crippen LogP contribution in [0.4, 0.5) is 11.4 Å². The minimum Gasteiger partial charge on any atom is -0.349 e. The van der Waals surface area contributed by atoms with E-state index in [4.69, 9.17) is 5.84 Å². The van der Waals surface area contributed by atoms with E-state index in [1.54, 1.807) is 0 Å². The lowest BCUT2D eigenvalue weighted by Crippen LogP contribution is -2.38. The lowest BCUT2D eigenvalue weighted by Gasteiger charge is -2.27. The molecule has 1 aromatic rings. The SMILES string of the molecule is CC1CCCC(NC(=O)c2ccc([N+](=O)[O-])c(NN)c2)C1. The molecule has 4 N–H and O–H groups in total. The molecule has 1 amide bonds. The second kappa shape index (κ2) is 6.53. The van der Waals surface area contributed by atoms with Crippen molar-refractivity contribution in [3.8, 4) is 0 Å². The maximum atomic E-state index is 12.2. The number of carbonyl (C=O) groups excluding carboxylic acids is 1. The van der Waals surface area contributed by atoms with Gasteiger partial charge in [-0.2, -0.15) is 0 Å². The topological polar surface area (TPSA) is 110 Å². The molecule has 1 aliphatic rings. The van der Waals surface area contributed by atoms with Gasteiger partial charge in [-0.15, -0.1) is 0 Å². The summed E-state index contributed by atoms with van der Waals surface area (Å²) in [6.45, 7) is 2.18. The Balaban J connectivity index is 2.10. The maximum Gasteiger partial charge on any atom is 0.293 e. The highest BCUT2D eigenvalue weighted by Crippen LogP contribution is 2.26. The smallest absolute Gasteiger partial charge is 0.293 e. The number of carbonyl (C=O) groups is 1. The van der Waals surface area contributed by atoms with Crippen molar-refractivity contribution in [2.75, 3.05) is 5.43 Å². The van der Waals surface area contributed by atoms with Crippen LogP contribution in [0.15, 0.2) is 18.2 Å². The van der Waals surface area contributed by atoms with Crippen molar-refractivity contribution < 1.29 is 9.72 Å². The molecule has 0 spiro atoms. The molecule has 1 aromatic carbocycles. The van der Waals surface area contributed by atoms with Crippen molar-refractivity contribution >= 4 is 17.3 Å². The van der Waals surface area contributed by atoms with Crippen LogP contribution in [0.3, 0.4) is 0 Å². The van der Waals surface area contributed by atoms with E-state index in [9.17, 15) is 14.9 Å². The number of anilines is 1. The van der Waals surface area contributed by atoms with E-state index < -0.39 is 4.92 Å². The number of nitrogens with two attached hydrogens (primary N) is 1. The fraction of sp³-hybridized carbons (Fsp3) is 0.500. The molecule has 2 atom stereocenters. The number of nitro groups is 1. The highest BCUT2D eigenvalue weighted by atomic mass is 16.6. The first-order chi connectivity index (χ1) is 10.0. The summed E-state index contributed by atoms with van der Waals surface area (Å²) in [5.74, 6) is 5.67. The Hall–Kier alpha value is -2.15. The van der Waals surface area contributed by atoms with Crippen molar-refractivity contribution in [2.45, 2.75) is 38.6 Å². The van der Waals surface area contributed by atoms with E-state index in [2.05, 4.69) is 17.7 Å². The normalized spacial score (nSPS) is 21.6. The summed E-state index contributed by atoms with van der Waals surface area (Å²) < 4.78 is 0. The van der Waals surface area contributed by atoms with Crippen LogP contribution in [0.2, 0.25) is 0 Å². The molecule has 0 aliphatic heterocycles. The van der Waals surface area contributed by atoms with E-state index in [-0.39, 0.29) is 23.3 Å². The predicted molar refractivity (Wildman–Crippen MR) is 79.8 cm³/mol. The van der Waals surface area contributed by atoms with Crippen LogP contribution in [0.25, 0.3) is 0 Å². The van der Waals surface area contributed by atoms with Gasteiger partial charge in [-0.05, 0) is 30.9 Å². The van der Waals surface area contributed by atoms with E-state index in [1.165, 1.54) is 24.6 Å². The molecule has 0 aromatic heterocycles. The average Bonchev–Trinajstić information content (AvgIpc) is 2.46. The van der Waals surface area contributed by atoms with Crippen LogP contribution in [0.5, 0.6) is 0 Å². The monoisotopic (exact) mass is 292 g/mol. The summed E-state index contributed by atoms with van der Waals surface area (Å²) >= 11 is 0. The number of benzene rings is 1. The van der Waals surface area contributed by atoms with E-state index in [0.29, 0.717) is 11.5 Å². The Kier molecular flexibility index (Phi) is 4.74. The van der Waals surface area contributed by atoms with E-state index >= 15 is 0 Å². The van der Waals surface area contributed by atoms with Gasteiger partial charge in [-0.1, -0.05) is 19.8 Å². The maximum absolute atomic E-state index is 12.2. The molecule has 7 heteroatoms. The fourth-order valence-electron chi connectivity index (χ4n) is 2.79. The molecule has 0 bridgehead atoms. The molecule has 2 rings (SSSR count). The summed E-state index contributed by atoms with van der Waals surface area (Å²) in [7, 11) is 0. The molecule has 21 heavy (non-hydrogen) atoms. The molecule has 1 aliphatic carbocycles. The van der Waals surface area contributed by atoms with Gasteiger partial charge in [-0.25, -0.2) is 0 Å². The first kappa shape index (κ1) is 15.2. The molecule has 114 valence electrons. The molecular formula is C14H20N4O3. The summed E-state index contributed by atoms with van der Waals surface area (Å²) in [4.78, 5) is 22.5. The number of nitro benzene ring substituents is 1. The van der Waals surface area contributed by atoms with Gasteiger partial charge in [-0.3, -0.25) is 20.8 Å². The van der Waals surface area contributed by atoms with Gasteiger partial charge in [0, 0.05) is 17.7 Å². The van der Waals surface area contributed by atoms with Gasteiger partial charge in [0.25, 0.3) is 11.6 Å². The third-order valence-corrected chi connectivity index (χ3v) is 3.88. The Morgan fingerprint density at radius 2 is 2.19 bits per heavy atom. The van der Waals surface area contributed by atoms with Crippen molar-refractivity contribution in [3.63, 3.8) is 0 Å². The van der Waals surface area contributed by atoms with E-state index in [1.807, 2.05) is 0 Å². The van der Waals surface area contributed by atoms with E-state index in [0.717, 1.165) is 19.3 Å². The zero-order chi connectivity index (χ0) is 15.4. The van der Waals surface area contributed by atoms with Crippen LogP contribution in [0.1, 0.15) is 43.0 Å². The Labute approximate surface area is 123 Å². The number of hydrogen-bond donors (Lipinski definition) is 3. The summed E-state index contributed by atoms with van der Waals surface area (Å²) in [6, 6.07) is 4.30. The Morgan fingerprint density at radius 1 is 1.43 bits per heavy atom. The molecule has 0 radical (unpaired) electrons. The largest absolute Gasteiger partial charge is 0.349 e. The number of hydrazine groups is 1. The fourth-order valence-corrected chi connectivity index (χ4v) is 2.79. The van der Waals surface area contributed by atoms with Gasteiger partial charge < -0.3 is 10.7 Å². The second-order valence-electron chi connectivity index (χ2n) is 5.58. The van der Waals surface area contributed by atoms with Crippen LogP contribution in [0, 0.1) is 16.0 Å². The summed E-state index contributed by atoms with van der Waals surface area (Å²) in [6.07, 6.45) is 4.26. The first-order valence-corrected chi connectivity index (χ1v) is 7.07. The highest BCUT2D eigenvalue weighted by Gasteiger charge is 2.22. The number of nitrogen functional groups attached to an aromatic ring is 1. The lowest BCUT2D eigenvalue weighted by molar-refractivity contribution is -0.384.